The van der Waals surface area contributed by atoms with Gasteiger partial charge in [0.1, 0.15) is 6.04 Å². The van der Waals surface area contributed by atoms with Gasteiger partial charge in [-0.25, -0.2) is 5.43 Å². The van der Waals surface area contributed by atoms with Crippen LogP contribution >= 0.6 is 0 Å². The molecule has 0 saturated heterocycles. The number of nitrogens with zero attached hydrogens (tertiary/aromatic N) is 2. The minimum absolute atomic E-state index is 0.232. The zero-order valence-electron chi connectivity index (χ0n) is 10.0. The minimum atomic E-state index is -0.433. The van der Waals surface area contributed by atoms with Gasteiger partial charge in [-0.05, 0) is 12.5 Å². The van der Waals surface area contributed by atoms with Crippen LogP contribution in [-0.4, -0.2) is 30.3 Å². The predicted molar refractivity (Wildman–Crippen MR) is 60.4 cm³/mol. The number of ether oxygens (including phenoxy) is 2. The van der Waals surface area contributed by atoms with Crippen LogP contribution < -0.4 is 11.3 Å². The molecule has 0 spiro atoms. The maximum Gasteiger partial charge on any atom is 0.179 e. The number of rotatable bonds is 7. The second kappa shape index (κ2) is 6.59. The number of hydrazine groups is 1. The van der Waals surface area contributed by atoms with E-state index in [1.54, 1.807) is 20.4 Å². The zero-order chi connectivity index (χ0) is 12.0. The molecule has 1 atom stereocenters. The number of aromatic nitrogens is 2. The van der Waals surface area contributed by atoms with Crippen LogP contribution in [0.1, 0.15) is 25.1 Å². The molecule has 0 aromatic carbocycles. The summed E-state index contributed by atoms with van der Waals surface area (Å²) in [4.78, 5) is 0. The van der Waals surface area contributed by atoms with Gasteiger partial charge in [0.15, 0.2) is 6.29 Å². The van der Waals surface area contributed by atoms with Crippen molar-refractivity contribution in [3.63, 3.8) is 0 Å². The summed E-state index contributed by atoms with van der Waals surface area (Å²) < 4.78 is 12.3. The highest BCUT2D eigenvalue weighted by Gasteiger charge is 2.24. The van der Waals surface area contributed by atoms with Crippen molar-refractivity contribution in [2.75, 3.05) is 14.2 Å². The molecular weight excluding hydrogens is 208 g/mol. The molecule has 3 N–H and O–H groups in total. The van der Waals surface area contributed by atoms with E-state index in [1.807, 2.05) is 10.7 Å². The molecule has 92 valence electrons. The molecule has 0 aliphatic carbocycles. The van der Waals surface area contributed by atoms with Crippen molar-refractivity contribution in [3.8, 4) is 0 Å². The Bertz CT molecular complexity index is 299. The van der Waals surface area contributed by atoms with Gasteiger partial charge in [-0.2, -0.15) is 5.10 Å². The van der Waals surface area contributed by atoms with Crippen LogP contribution in [0.15, 0.2) is 12.3 Å². The first-order valence-corrected chi connectivity index (χ1v) is 5.31. The lowest BCUT2D eigenvalue weighted by atomic mass is 10.2. The van der Waals surface area contributed by atoms with E-state index in [4.69, 9.17) is 15.3 Å². The number of hydrogen-bond acceptors (Lipinski definition) is 5. The summed E-state index contributed by atoms with van der Waals surface area (Å²) in [6, 6.07) is 1.68. The Morgan fingerprint density at radius 1 is 1.50 bits per heavy atom. The summed E-state index contributed by atoms with van der Waals surface area (Å²) >= 11 is 0. The average Bonchev–Trinajstić information content (AvgIpc) is 2.74. The van der Waals surface area contributed by atoms with Crippen molar-refractivity contribution < 1.29 is 9.47 Å². The van der Waals surface area contributed by atoms with E-state index in [0.717, 1.165) is 18.7 Å². The van der Waals surface area contributed by atoms with Crippen LogP contribution in [0.3, 0.4) is 0 Å². The van der Waals surface area contributed by atoms with Gasteiger partial charge in [0.25, 0.3) is 0 Å². The summed E-state index contributed by atoms with van der Waals surface area (Å²) in [6.45, 7) is 2.95. The van der Waals surface area contributed by atoms with Crippen LogP contribution in [0.4, 0.5) is 0 Å². The number of methoxy groups -OCH3 is 2. The molecule has 0 amide bonds. The van der Waals surface area contributed by atoms with Gasteiger partial charge in [-0.1, -0.05) is 6.92 Å². The fraction of sp³-hybridized carbons (Fsp3) is 0.700. The molecule has 0 aliphatic heterocycles. The normalized spacial score (nSPS) is 13.3. The van der Waals surface area contributed by atoms with Gasteiger partial charge in [-0.3, -0.25) is 10.5 Å². The monoisotopic (exact) mass is 228 g/mol. The first kappa shape index (κ1) is 13.1. The van der Waals surface area contributed by atoms with Crippen LogP contribution in [0.25, 0.3) is 0 Å². The van der Waals surface area contributed by atoms with E-state index >= 15 is 0 Å². The molecule has 1 aromatic heterocycles. The lowest BCUT2D eigenvalue weighted by Gasteiger charge is -2.24. The zero-order valence-corrected chi connectivity index (χ0v) is 10.0. The Morgan fingerprint density at radius 2 is 2.19 bits per heavy atom. The minimum Gasteiger partial charge on any atom is -0.354 e. The third-order valence-electron chi connectivity index (χ3n) is 2.42. The molecule has 6 heteroatoms. The quantitative estimate of drug-likeness (QED) is 0.402. The molecule has 1 aromatic rings. The Labute approximate surface area is 95.7 Å². The van der Waals surface area contributed by atoms with Crippen molar-refractivity contribution in [3.05, 3.63) is 18.0 Å². The van der Waals surface area contributed by atoms with Gasteiger partial charge in [0.05, 0.1) is 5.69 Å². The second-order valence-electron chi connectivity index (χ2n) is 3.46. The summed E-state index contributed by atoms with van der Waals surface area (Å²) in [7, 11) is 3.16. The molecule has 16 heavy (non-hydrogen) atoms. The van der Waals surface area contributed by atoms with E-state index in [2.05, 4.69) is 17.4 Å². The summed E-state index contributed by atoms with van der Waals surface area (Å²) in [5.41, 5.74) is 3.65. The number of aryl methyl sites for hydroxylation is 1. The highest BCUT2D eigenvalue weighted by atomic mass is 16.7. The van der Waals surface area contributed by atoms with Crippen molar-refractivity contribution >= 4 is 0 Å². The maximum absolute atomic E-state index is 5.53. The van der Waals surface area contributed by atoms with Crippen molar-refractivity contribution in [1.29, 1.82) is 0 Å². The van der Waals surface area contributed by atoms with E-state index in [9.17, 15) is 0 Å². The van der Waals surface area contributed by atoms with Gasteiger partial charge < -0.3 is 9.47 Å². The first-order valence-electron chi connectivity index (χ1n) is 5.31. The number of nitrogens with one attached hydrogen (secondary N) is 1. The predicted octanol–water partition coefficient (Wildman–Crippen LogP) is 0.416. The summed E-state index contributed by atoms with van der Waals surface area (Å²) in [5.74, 6) is 5.53. The van der Waals surface area contributed by atoms with Crippen LogP contribution in [0.2, 0.25) is 0 Å². The molecule has 1 heterocycles. The van der Waals surface area contributed by atoms with E-state index < -0.39 is 6.29 Å². The SMILES string of the molecule is CCCn1nccc1C(NN)C(OC)OC. The van der Waals surface area contributed by atoms with Crippen LogP contribution in [0.5, 0.6) is 0 Å². The molecule has 0 saturated carbocycles. The van der Waals surface area contributed by atoms with Crippen molar-refractivity contribution in [1.82, 2.24) is 15.2 Å². The van der Waals surface area contributed by atoms with Crippen molar-refractivity contribution in [2.45, 2.75) is 32.2 Å². The fourth-order valence-electron chi connectivity index (χ4n) is 1.68. The highest BCUT2D eigenvalue weighted by molar-refractivity contribution is 5.07. The van der Waals surface area contributed by atoms with Crippen molar-refractivity contribution in [2.24, 2.45) is 5.84 Å². The fourth-order valence-corrected chi connectivity index (χ4v) is 1.68. The molecule has 0 aliphatic rings. The Balaban J connectivity index is 2.88. The Kier molecular flexibility index (Phi) is 5.41. The van der Waals surface area contributed by atoms with Gasteiger partial charge in [0, 0.05) is 27.0 Å². The topological polar surface area (TPSA) is 74.3 Å². The van der Waals surface area contributed by atoms with Gasteiger partial charge >= 0.3 is 0 Å². The Morgan fingerprint density at radius 3 is 2.69 bits per heavy atom. The van der Waals surface area contributed by atoms with Crippen LogP contribution in [0, 0.1) is 0 Å². The second-order valence-corrected chi connectivity index (χ2v) is 3.46. The van der Waals surface area contributed by atoms with E-state index in [-0.39, 0.29) is 6.04 Å². The molecule has 0 fully saturated rings. The van der Waals surface area contributed by atoms with Gasteiger partial charge in [-0.15, -0.1) is 0 Å². The maximum atomic E-state index is 5.53. The third kappa shape index (κ3) is 2.79. The summed E-state index contributed by atoms with van der Waals surface area (Å²) in [5, 5.41) is 4.24. The highest BCUT2D eigenvalue weighted by Crippen LogP contribution is 2.18. The Hall–Kier alpha value is -0.950. The molecule has 1 rings (SSSR count). The largest absolute Gasteiger partial charge is 0.354 e. The third-order valence-corrected chi connectivity index (χ3v) is 2.42. The van der Waals surface area contributed by atoms with Gasteiger partial charge in [0.2, 0.25) is 0 Å². The standard InChI is InChI=1S/C10H20N4O2/c1-4-7-14-8(5-6-12-14)9(13-11)10(15-2)16-3/h5-6,9-10,13H,4,7,11H2,1-3H3. The number of hydrogen-bond donors (Lipinski definition) is 2. The lowest BCUT2D eigenvalue weighted by Crippen LogP contribution is -2.39. The van der Waals surface area contributed by atoms with E-state index in [1.165, 1.54) is 0 Å². The smallest absolute Gasteiger partial charge is 0.179 e. The first-order chi connectivity index (χ1) is 7.78. The molecule has 6 nitrogen and oxygen atoms in total. The molecule has 0 bridgehead atoms. The molecule has 0 radical (unpaired) electrons. The lowest BCUT2D eigenvalue weighted by molar-refractivity contribution is -0.125. The number of nitrogens with two attached hydrogens (primary N) is 1. The molecular formula is C10H20N4O2. The average molecular weight is 228 g/mol. The summed E-state index contributed by atoms with van der Waals surface area (Å²) in [6.07, 6.45) is 2.33. The molecule has 1 unspecified atom stereocenters. The van der Waals surface area contributed by atoms with E-state index in [0.29, 0.717) is 0 Å². The van der Waals surface area contributed by atoms with Crippen LogP contribution in [-0.2, 0) is 16.0 Å².